The molecular weight excluding hydrogens is 336 g/mol. The van der Waals surface area contributed by atoms with E-state index >= 15 is 0 Å². The molecular formula is C19H20N2OS2. The molecule has 3 rings (SSSR count). The van der Waals surface area contributed by atoms with E-state index in [0.717, 1.165) is 40.4 Å². The van der Waals surface area contributed by atoms with Gasteiger partial charge in [0.25, 0.3) is 0 Å². The lowest BCUT2D eigenvalue weighted by Gasteiger charge is -2.16. The van der Waals surface area contributed by atoms with Crippen molar-refractivity contribution >= 4 is 39.5 Å². The molecule has 0 saturated carbocycles. The molecule has 0 saturated heterocycles. The molecule has 5 heteroatoms. The van der Waals surface area contributed by atoms with Crippen molar-refractivity contribution < 1.29 is 4.42 Å². The fourth-order valence-electron chi connectivity index (χ4n) is 2.46. The number of fused-ring (bicyclic) bond motifs is 1. The minimum Gasteiger partial charge on any atom is -0.436 e. The van der Waals surface area contributed by atoms with Crippen LogP contribution in [0.2, 0.25) is 0 Å². The monoisotopic (exact) mass is 356 g/mol. The average molecular weight is 357 g/mol. The Kier molecular flexibility index (Phi) is 5.66. The zero-order chi connectivity index (χ0) is 16.9. The van der Waals surface area contributed by atoms with Gasteiger partial charge in [-0.25, -0.2) is 9.29 Å². The molecule has 24 heavy (non-hydrogen) atoms. The normalized spacial score (nSPS) is 11.3. The predicted octanol–water partition coefficient (Wildman–Crippen LogP) is 5.35. The Morgan fingerprint density at radius 3 is 2.46 bits per heavy atom. The van der Waals surface area contributed by atoms with Crippen molar-refractivity contribution in [3.63, 3.8) is 0 Å². The molecule has 0 bridgehead atoms. The summed E-state index contributed by atoms with van der Waals surface area (Å²) in [5.74, 6) is 0.655. The van der Waals surface area contributed by atoms with Crippen molar-refractivity contribution in [1.29, 1.82) is 0 Å². The maximum atomic E-state index is 5.81. The first-order chi connectivity index (χ1) is 11.7. The van der Waals surface area contributed by atoms with E-state index in [9.17, 15) is 0 Å². The molecule has 0 aliphatic rings. The molecule has 0 atom stereocenters. The fourth-order valence-corrected chi connectivity index (χ4v) is 3.72. The summed E-state index contributed by atoms with van der Waals surface area (Å²) in [6, 6.07) is 16.1. The molecule has 1 aromatic heterocycles. The van der Waals surface area contributed by atoms with Crippen molar-refractivity contribution in [2.24, 2.45) is 0 Å². The van der Waals surface area contributed by atoms with Crippen molar-refractivity contribution in [3.05, 3.63) is 54.1 Å². The summed E-state index contributed by atoms with van der Waals surface area (Å²) in [5.41, 5.74) is 3.89. The van der Waals surface area contributed by atoms with Crippen LogP contribution in [-0.2, 0) is 6.42 Å². The van der Waals surface area contributed by atoms with Crippen LogP contribution in [0.1, 0.15) is 19.4 Å². The van der Waals surface area contributed by atoms with Crippen molar-refractivity contribution in [2.45, 2.75) is 20.3 Å². The lowest BCUT2D eigenvalue weighted by atomic mass is 10.1. The Morgan fingerprint density at radius 2 is 1.79 bits per heavy atom. The SMILES string of the molecule is CCN(CC)SC(=S)Cc1ccc(-c2nc3ccccc3o2)cc1. The Morgan fingerprint density at radius 1 is 1.08 bits per heavy atom. The number of oxazole rings is 1. The molecule has 0 unspecified atom stereocenters. The van der Waals surface area contributed by atoms with Crippen LogP contribution in [0.15, 0.2) is 52.9 Å². The van der Waals surface area contributed by atoms with Gasteiger partial charge in [0.05, 0.1) is 4.20 Å². The number of nitrogens with zero attached hydrogens (tertiary/aromatic N) is 2. The average Bonchev–Trinajstić information content (AvgIpc) is 3.04. The molecule has 124 valence electrons. The van der Waals surface area contributed by atoms with E-state index < -0.39 is 0 Å². The minimum absolute atomic E-state index is 0.655. The second-order valence-electron chi connectivity index (χ2n) is 5.44. The maximum Gasteiger partial charge on any atom is 0.227 e. The third kappa shape index (κ3) is 4.04. The fraction of sp³-hybridized carbons (Fsp3) is 0.263. The van der Waals surface area contributed by atoms with Gasteiger partial charge in [-0.05, 0) is 41.8 Å². The molecule has 3 aromatic rings. The number of benzene rings is 2. The quantitative estimate of drug-likeness (QED) is 0.438. The first-order valence-electron chi connectivity index (χ1n) is 8.10. The largest absolute Gasteiger partial charge is 0.436 e. The number of hydrogen-bond acceptors (Lipinski definition) is 5. The molecule has 3 nitrogen and oxygen atoms in total. The van der Waals surface area contributed by atoms with Crippen LogP contribution in [0.25, 0.3) is 22.6 Å². The van der Waals surface area contributed by atoms with Gasteiger partial charge in [-0.1, -0.05) is 50.3 Å². The van der Waals surface area contributed by atoms with Gasteiger partial charge in [0.1, 0.15) is 5.52 Å². The molecule has 0 aliphatic heterocycles. The number of para-hydroxylation sites is 2. The van der Waals surface area contributed by atoms with Gasteiger partial charge in [0, 0.05) is 25.1 Å². The summed E-state index contributed by atoms with van der Waals surface area (Å²) in [7, 11) is 0. The lowest BCUT2D eigenvalue weighted by Crippen LogP contribution is -2.16. The van der Waals surface area contributed by atoms with E-state index in [2.05, 4.69) is 35.3 Å². The highest BCUT2D eigenvalue weighted by Crippen LogP contribution is 2.25. The van der Waals surface area contributed by atoms with Gasteiger partial charge in [-0.3, -0.25) is 0 Å². The highest BCUT2D eigenvalue weighted by Gasteiger charge is 2.09. The summed E-state index contributed by atoms with van der Waals surface area (Å²) < 4.78 is 9.06. The highest BCUT2D eigenvalue weighted by molar-refractivity contribution is 8.21. The predicted molar refractivity (Wildman–Crippen MR) is 106 cm³/mol. The van der Waals surface area contributed by atoms with E-state index in [1.807, 2.05) is 36.4 Å². The molecule has 2 aromatic carbocycles. The first kappa shape index (κ1) is 17.1. The van der Waals surface area contributed by atoms with E-state index in [4.69, 9.17) is 16.6 Å². The summed E-state index contributed by atoms with van der Waals surface area (Å²) >= 11 is 7.18. The second kappa shape index (κ2) is 7.92. The van der Waals surface area contributed by atoms with Crippen LogP contribution in [0.4, 0.5) is 0 Å². The van der Waals surface area contributed by atoms with Crippen LogP contribution < -0.4 is 0 Å². The van der Waals surface area contributed by atoms with Crippen molar-refractivity contribution in [1.82, 2.24) is 9.29 Å². The number of thiocarbonyl (C=S) groups is 1. The molecule has 0 N–H and O–H groups in total. The zero-order valence-corrected chi connectivity index (χ0v) is 15.5. The van der Waals surface area contributed by atoms with Crippen molar-refractivity contribution in [3.8, 4) is 11.5 Å². The summed E-state index contributed by atoms with van der Waals surface area (Å²) in [5, 5.41) is 0. The van der Waals surface area contributed by atoms with Gasteiger partial charge in [-0.15, -0.1) is 0 Å². The molecule has 0 spiro atoms. The Hall–Kier alpha value is -1.69. The summed E-state index contributed by atoms with van der Waals surface area (Å²) in [6.45, 7) is 6.29. The first-order valence-corrected chi connectivity index (χ1v) is 9.28. The summed E-state index contributed by atoms with van der Waals surface area (Å²) in [6.07, 6.45) is 0.796. The van der Waals surface area contributed by atoms with Crippen molar-refractivity contribution in [2.75, 3.05) is 13.1 Å². The third-order valence-electron chi connectivity index (χ3n) is 3.78. The van der Waals surface area contributed by atoms with Crippen LogP contribution in [-0.4, -0.2) is 26.6 Å². The summed E-state index contributed by atoms with van der Waals surface area (Å²) in [4.78, 5) is 4.53. The highest BCUT2D eigenvalue weighted by atomic mass is 32.2. The molecule has 0 amide bonds. The van der Waals surface area contributed by atoms with Crippen LogP contribution >= 0.6 is 24.2 Å². The van der Waals surface area contributed by atoms with Crippen LogP contribution in [0.5, 0.6) is 0 Å². The Bertz CT molecular complexity index is 790. The number of hydrogen-bond donors (Lipinski definition) is 0. The topological polar surface area (TPSA) is 29.3 Å². The molecule has 0 aliphatic carbocycles. The van der Waals surface area contributed by atoms with Gasteiger partial charge in [-0.2, -0.15) is 0 Å². The minimum atomic E-state index is 0.655. The van der Waals surface area contributed by atoms with Crippen LogP contribution in [0, 0.1) is 0 Å². The number of aromatic nitrogens is 1. The van der Waals surface area contributed by atoms with Gasteiger partial charge in [0.2, 0.25) is 5.89 Å². The van der Waals surface area contributed by atoms with Gasteiger partial charge >= 0.3 is 0 Å². The molecule has 0 fully saturated rings. The van der Waals surface area contributed by atoms with E-state index in [1.165, 1.54) is 5.56 Å². The van der Waals surface area contributed by atoms with E-state index in [0.29, 0.717) is 5.89 Å². The maximum absolute atomic E-state index is 5.81. The van der Waals surface area contributed by atoms with Crippen LogP contribution in [0.3, 0.4) is 0 Å². The van der Waals surface area contributed by atoms with Gasteiger partial charge < -0.3 is 4.42 Å². The second-order valence-corrected chi connectivity index (χ2v) is 7.38. The standard InChI is InChI=1S/C19H20N2OS2/c1-3-21(4-2)24-18(23)13-14-9-11-15(12-10-14)19-20-16-7-5-6-8-17(16)22-19/h5-12H,3-4,13H2,1-2H3. The van der Waals surface area contributed by atoms with E-state index in [1.54, 1.807) is 11.9 Å². The lowest BCUT2D eigenvalue weighted by molar-refractivity contribution is 0.529. The smallest absolute Gasteiger partial charge is 0.227 e. The zero-order valence-electron chi connectivity index (χ0n) is 13.9. The van der Waals surface area contributed by atoms with E-state index in [-0.39, 0.29) is 0 Å². The Balaban J connectivity index is 1.70. The third-order valence-corrected chi connectivity index (χ3v) is 5.27. The molecule has 1 heterocycles. The Labute approximate surface area is 152 Å². The van der Waals surface area contributed by atoms with Gasteiger partial charge in [0.15, 0.2) is 5.58 Å². The molecule has 0 radical (unpaired) electrons. The number of rotatable bonds is 6.